The minimum atomic E-state index is 0.545. The van der Waals surface area contributed by atoms with Crippen molar-refractivity contribution in [2.24, 2.45) is 0 Å². The first-order valence-corrected chi connectivity index (χ1v) is 5.51. The summed E-state index contributed by atoms with van der Waals surface area (Å²) in [5.41, 5.74) is 1.40. The van der Waals surface area contributed by atoms with Crippen molar-refractivity contribution in [3.63, 3.8) is 0 Å². The predicted octanol–water partition coefficient (Wildman–Crippen LogP) is 3.57. The summed E-state index contributed by atoms with van der Waals surface area (Å²) in [4.78, 5) is 15.1. The van der Waals surface area contributed by atoms with E-state index in [0.717, 1.165) is 21.7 Å². The Hall–Kier alpha value is -0.740. The summed E-state index contributed by atoms with van der Waals surface area (Å²) >= 11 is 6.65. The van der Waals surface area contributed by atoms with Crippen molar-refractivity contribution in [3.05, 3.63) is 38.9 Å². The van der Waals surface area contributed by atoms with Gasteiger partial charge in [0.2, 0.25) is 0 Å². The second-order valence-corrected chi connectivity index (χ2v) is 4.31. The second-order valence-electron chi connectivity index (χ2n) is 2.77. The number of pyridine rings is 1. The molecule has 70 valence electrons. The first-order chi connectivity index (χ1) is 6.74. The lowest BCUT2D eigenvalue weighted by Crippen LogP contribution is -1.91. The fraction of sp³-hybridized carbons (Fsp3) is 0. The number of halogens is 2. The molecule has 2 rings (SSSR count). The van der Waals surface area contributed by atoms with Gasteiger partial charge >= 0.3 is 0 Å². The zero-order chi connectivity index (χ0) is 10.1. The SMILES string of the molecule is O=Cc1c(Br)nc2ccccc2c1Br. The molecule has 1 aromatic carbocycles. The third-order valence-corrected chi connectivity index (χ3v) is 3.39. The molecule has 4 heteroatoms. The lowest BCUT2D eigenvalue weighted by Gasteiger charge is -2.04. The highest BCUT2D eigenvalue weighted by Gasteiger charge is 2.09. The van der Waals surface area contributed by atoms with E-state index in [2.05, 4.69) is 36.8 Å². The molecule has 0 amide bonds. The third kappa shape index (κ3) is 1.48. The molecule has 0 aliphatic heterocycles. The third-order valence-electron chi connectivity index (χ3n) is 1.94. The highest BCUT2D eigenvalue weighted by Crippen LogP contribution is 2.29. The van der Waals surface area contributed by atoms with Crippen LogP contribution in [0.15, 0.2) is 33.3 Å². The molecule has 0 bridgehead atoms. The molecule has 14 heavy (non-hydrogen) atoms. The van der Waals surface area contributed by atoms with Gasteiger partial charge in [-0.3, -0.25) is 4.79 Å². The number of rotatable bonds is 1. The monoisotopic (exact) mass is 313 g/mol. The van der Waals surface area contributed by atoms with Crippen LogP contribution in [-0.2, 0) is 0 Å². The van der Waals surface area contributed by atoms with Gasteiger partial charge in [-0.25, -0.2) is 4.98 Å². The number of carbonyl (C=O) groups is 1. The minimum absolute atomic E-state index is 0.545. The Morgan fingerprint density at radius 3 is 2.64 bits per heavy atom. The quantitative estimate of drug-likeness (QED) is 0.595. The van der Waals surface area contributed by atoms with Gasteiger partial charge in [0.15, 0.2) is 6.29 Å². The van der Waals surface area contributed by atoms with E-state index in [0.29, 0.717) is 10.2 Å². The molecule has 0 N–H and O–H groups in total. The summed E-state index contributed by atoms with van der Waals surface area (Å²) in [6, 6.07) is 7.65. The maximum Gasteiger partial charge on any atom is 0.153 e. The van der Waals surface area contributed by atoms with Crippen LogP contribution < -0.4 is 0 Å². The molecule has 0 spiro atoms. The summed E-state index contributed by atoms with van der Waals surface area (Å²) in [5, 5.41) is 0.942. The van der Waals surface area contributed by atoms with Crippen molar-refractivity contribution in [2.75, 3.05) is 0 Å². The van der Waals surface area contributed by atoms with Crippen LogP contribution in [0.2, 0.25) is 0 Å². The summed E-state index contributed by atoms with van der Waals surface area (Å²) < 4.78 is 1.35. The maximum absolute atomic E-state index is 10.8. The van der Waals surface area contributed by atoms with E-state index in [1.54, 1.807) is 0 Å². The smallest absolute Gasteiger partial charge is 0.153 e. The normalized spacial score (nSPS) is 10.4. The van der Waals surface area contributed by atoms with Crippen molar-refractivity contribution in [1.29, 1.82) is 0 Å². The molecular weight excluding hydrogens is 310 g/mol. The number of fused-ring (bicyclic) bond motifs is 1. The lowest BCUT2D eigenvalue weighted by molar-refractivity contribution is 0.112. The number of para-hydroxylation sites is 1. The Bertz CT molecular complexity index is 511. The number of nitrogens with zero attached hydrogens (tertiary/aromatic N) is 1. The van der Waals surface area contributed by atoms with Crippen molar-refractivity contribution in [3.8, 4) is 0 Å². The predicted molar refractivity (Wildman–Crippen MR) is 62.5 cm³/mol. The number of hydrogen-bond donors (Lipinski definition) is 0. The van der Waals surface area contributed by atoms with Crippen molar-refractivity contribution in [1.82, 2.24) is 4.98 Å². The molecule has 1 aromatic heterocycles. The van der Waals surface area contributed by atoms with E-state index in [9.17, 15) is 4.79 Å². The van der Waals surface area contributed by atoms with E-state index in [-0.39, 0.29) is 0 Å². The van der Waals surface area contributed by atoms with Gasteiger partial charge in [0, 0.05) is 9.86 Å². The van der Waals surface area contributed by atoms with Crippen LogP contribution in [-0.4, -0.2) is 11.3 Å². The first-order valence-electron chi connectivity index (χ1n) is 3.93. The molecule has 0 fully saturated rings. The zero-order valence-corrected chi connectivity index (χ0v) is 10.2. The molecule has 0 aliphatic carbocycles. The fourth-order valence-corrected chi connectivity index (χ4v) is 2.62. The number of hydrogen-bond acceptors (Lipinski definition) is 2. The average Bonchev–Trinajstić information content (AvgIpc) is 2.18. The lowest BCUT2D eigenvalue weighted by atomic mass is 10.2. The molecule has 0 saturated heterocycles. The molecule has 0 unspecified atom stereocenters. The molecule has 1 heterocycles. The number of carbonyl (C=O) groups excluding carboxylic acids is 1. The molecule has 0 aliphatic rings. The fourth-order valence-electron chi connectivity index (χ4n) is 1.26. The van der Waals surface area contributed by atoms with Crippen molar-refractivity contribution >= 4 is 49.0 Å². The van der Waals surface area contributed by atoms with Crippen LogP contribution in [0.1, 0.15) is 10.4 Å². The van der Waals surface area contributed by atoms with Gasteiger partial charge in [-0.2, -0.15) is 0 Å². The molecule has 0 saturated carbocycles. The van der Waals surface area contributed by atoms with Gasteiger partial charge in [0.25, 0.3) is 0 Å². The average molecular weight is 315 g/mol. The molecule has 2 nitrogen and oxygen atoms in total. The highest BCUT2D eigenvalue weighted by atomic mass is 79.9. The molecular formula is C10H5Br2NO. The Labute approximate surface area is 97.6 Å². The Kier molecular flexibility index (Phi) is 2.65. The van der Waals surface area contributed by atoms with E-state index >= 15 is 0 Å². The summed E-state index contributed by atoms with van der Waals surface area (Å²) in [6.07, 6.45) is 0.785. The zero-order valence-electron chi connectivity index (χ0n) is 7.00. The van der Waals surface area contributed by atoms with Crippen molar-refractivity contribution < 1.29 is 4.79 Å². The van der Waals surface area contributed by atoms with Crippen LogP contribution in [0, 0.1) is 0 Å². The van der Waals surface area contributed by atoms with Gasteiger partial charge in [-0.05, 0) is 37.9 Å². The summed E-state index contributed by atoms with van der Waals surface area (Å²) in [5.74, 6) is 0. The van der Waals surface area contributed by atoms with Crippen LogP contribution in [0.3, 0.4) is 0 Å². The first kappa shape index (κ1) is 9.80. The number of aldehydes is 1. The largest absolute Gasteiger partial charge is 0.298 e. The van der Waals surface area contributed by atoms with Crippen LogP contribution in [0.5, 0.6) is 0 Å². The van der Waals surface area contributed by atoms with Crippen LogP contribution in [0.4, 0.5) is 0 Å². The molecule has 2 aromatic rings. The van der Waals surface area contributed by atoms with Gasteiger partial charge < -0.3 is 0 Å². The second kappa shape index (κ2) is 3.79. The molecule has 0 atom stereocenters. The maximum atomic E-state index is 10.8. The summed E-state index contributed by atoms with van der Waals surface area (Å²) in [7, 11) is 0. The van der Waals surface area contributed by atoms with Gasteiger partial charge in [-0.15, -0.1) is 0 Å². The number of benzene rings is 1. The van der Waals surface area contributed by atoms with E-state index in [1.807, 2.05) is 24.3 Å². The molecule has 0 radical (unpaired) electrons. The van der Waals surface area contributed by atoms with Crippen LogP contribution >= 0.6 is 31.9 Å². The summed E-state index contributed by atoms with van der Waals surface area (Å²) in [6.45, 7) is 0. The Balaban J connectivity index is 2.92. The van der Waals surface area contributed by atoms with E-state index < -0.39 is 0 Å². The number of aromatic nitrogens is 1. The van der Waals surface area contributed by atoms with Crippen molar-refractivity contribution in [2.45, 2.75) is 0 Å². The van der Waals surface area contributed by atoms with Gasteiger partial charge in [0.1, 0.15) is 4.60 Å². The standard InChI is InChI=1S/C10H5Br2NO/c11-9-6-3-1-2-4-8(6)13-10(12)7(9)5-14/h1-5H. The van der Waals surface area contributed by atoms with Gasteiger partial charge in [-0.1, -0.05) is 18.2 Å². The minimum Gasteiger partial charge on any atom is -0.298 e. The Morgan fingerprint density at radius 2 is 1.93 bits per heavy atom. The van der Waals surface area contributed by atoms with Crippen LogP contribution in [0.25, 0.3) is 10.9 Å². The van der Waals surface area contributed by atoms with E-state index in [1.165, 1.54) is 0 Å². The van der Waals surface area contributed by atoms with Gasteiger partial charge in [0.05, 0.1) is 11.1 Å². The topological polar surface area (TPSA) is 30.0 Å². The highest BCUT2D eigenvalue weighted by molar-refractivity contribution is 9.11. The Morgan fingerprint density at radius 1 is 1.21 bits per heavy atom. The van der Waals surface area contributed by atoms with E-state index in [4.69, 9.17) is 0 Å².